The van der Waals surface area contributed by atoms with Crippen LogP contribution in [-0.2, 0) is 0 Å². The predicted octanol–water partition coefficient (Wildman–Crippen LogP) is 5.51. The normalized spacial score (nSPS) is 19.8. The third kappa shape index (κ3) is 4.15. The fourth-order valence-corrected chi connectivity index (χ4v) is 5.26. The summed E-state index contributed by atoms with van der Waals surface area (Å²) in [5.74, 6) is 1.15. The maximum atomic E-state index is 15.1. The van der Waals surface area contributed by atoms with Crippen molar-refractivity contribution in [3.8, 4) is 33.6 Å². The Kier molecular flexibility index (Phi) is 5.77. The van der Waals surface area contributed by atoms with Crippen LogP contribution in [0.4, 0.5) is 9.18 Å². The van der Waals surface area contributed by atoms with E-state index < -0.39 is 6.09 Å². The Balaban J connectivity index is 1.20. The molecule has 4 heterocycles. The van der Waals surface area contributed by atoms with Crippen LogP contribution in [0.2, 0.25) is 0 Å². The summed E-state index contributed by atoms with van der Waals surface area (Å²) in [6, 6.07) is 13.1. The lowest BCUT2D eigenvalue weighted by Gasteiger charge is -2.19. The molecule has 0 aliphatic carbocycles. The highest BCUT2D eigenvalue weighted by Crippen LogP contribution is 2.33. The monoisotopic (exact) mass is 486 g/mol. The topological polar surface area (TPSA) is 110 Å². The number of carbonyl (C=O) groups is 1. The van der Waals surface area contributed by atoms with Crippen LogP contribution in [0.5, 0.6) is 0 Å². The SMILES string of the molecule is O=C(O)N1CCC[C@H]1c1ncc(-c2ccc(-c3ccc(-c4cnc([C@@H]5CCCN5)[nH]4)cc3)cc2F)[nH]1. The molecule has 2 fully saturated rings. The smallest absolute Gasteiger partial charge is 0.407 e. The van der Waals surface area contributed by atoms with Gasteiger partial charge in [0.05, 0.1) is 35.9 Å². The van der Waals surface area contributed by atoms with Crippen molar-refractivity contribution in [2.75, 3.05) is 13.1 Å². The van der Waals surface area contributed by atoms with Crippen molar-refractivity contribution in [2.45, 2.75) is 37.8 Å². The number of nitrogens with one attached hydrogen (secondary N) is 3. The van der Waals surface area contributed by atoms with E-state index in [1.807, 2.05) is 36.5 Å². The number of halogens is 1. The second kappa shape index (κ2) is 9.23. The molecule has 0 saturated carbocycles. The summed E-state index contributed by atoms with van der Waals surface area (Å²) in [6.07, 6.45) is 6.21. The maximum Gasteiger partial charge on any atom is 0.407 e. The summed E-state index contributed by atoms with van der Waals surface area (Å²) in [5, 5.41) is 12.8. The molecular weight excluding hydrogens is 459 g/mol. The van der Waals surface area contributed by atoms with Gasteiger partial charge in [-0.1, -0.05) is 30.3 Å². The van der Waals surface area contributed by atoms with Crippen LogP contribution in [0, 0.1) is 5.82 Å². The number of benzene rings is 2. The van der Waals surface area contributed by atoms with Crippen LogP contribution in [-0.4, -0.2) is 49.1 Å². The summed E-state index contributed by atoms with van der Waals surface area (Å²) in [7, 11) is 0. The highest BCUT2D eigenvalue weighted by atomic mass is 19.1. The molecule has 2 aliphatic heterocycles. The third-order valence-electron chi connectivity index (χ3n) is 7.18. The lowest BCUT2D eigenvalue weighted by Crippen LogP contribution is -2.29. The number of H-pyrrole nitrogens is 2. The second-order valence-electron chi connectivity index (χ2n) is 9.42. The molecule has 2 atom stereocenters. The van der Waals surface area contributed by atoms with E-state index in [9.17, 15) is 9.90 Å². The van der Waals surface area contributed by atoms with E-state index in [0.29, 0.717) is 36.1 Å². The zero-order valence-corrected chi connectivity index (χ0v) is 19.7. The van der Waals surface area contributed by atoms with Crippen LogP contribution in [0.15, 0.2) is 54.9 Å². The van der Waals surface area contributed by atoms with Crippen molar-refractivity contribution >= 4 is 6.09 Å². The number of nitrogens with zero attached hydrogens (tertiary/aromatic N) is 3. The predicted molar refractivity (Wildman–Crippen MR) is 134 cm³/mol. The first-order chi connectivity index (χ1) is 17.6. The highest BCUT2D eigenvalue weighted by Gasteiger charge is 2.32. The number of carboxylic acid groups (broad SMARTS) is 1. The van der Waals surface area contributed by atoms with Crippen LogP contribution in [0.3, 0.4) is 0 Å². The van der Waals surface area contributed by atoms with Crippen LogP contribution in [0.1, 0.15) is 49.4 Å². The fourth-order valence-electron chi connectivity index (χ4n) is 5.26. The molecule has 2 aliphatic rings. The number of rotatable bonds is 5. The Morgan fingerprint density at radius 2 is 1.64 bits per heavy atom. The van der Waals surface area contributed by atoms with E-state index in [1.165, 1.54) is 11.0 Å². The molecule has 0 unspecified atom stereocenters. The van der Waals surface area contributed by atoms with Crippen LogP contribution in [0.25, 0.3) is 33.6 Å². The van der Waals surface area contributed by atoms with Gasteiger partial charge in [0.15, 0.2) is 0 Å². The zero-order chi connectivity index (χ0) is 24.6. The van der Waals surface area contributed by atoms with Crippen molar-refractivity contribution in [3.05, 3.63) is 72.3 Å². The fraction of sp³-hybridized carbons (Fsp3) is 0.296. The summed E-state index contributed by atoms with van der Waals surface area (Å²) < 4.78 is 15.1. The molecule has 6 rings (SSSR count). The number of likely N-dealkylation sites (tertiary alicyclic amines) is 1. The van der Waals surface area contributed by atoms with Gasteiger partial charge in [0, 0.05) is 12.1 Å². The molecule has 4 N–H and O–H groups in total. The summed E-state index contributed by atoms with van der Waals surface area (Å²) in [5.41, 5.74) is 4.61. The molecular formula is C27H27FN6O2. The maximum absolute atomic E-state index is 15.1. The van der Waals surface area contributed by atoms with E-state index in [1.54, 1.807) is 12.3 Å². The Hall–Kier alpha value is -3.98. The van der Waals surface area contributed by atoms with Gasteiger partial charge < -0.3 is 20.4 Å². The van der Waals surface area contributed by atoms with Gasteiger partial charge in [-0.3, -0.25) is 4.90 Å². The molecule has 0 radical (unpaired) electrons. The number of hydrogen-bond acceptors (Lipinski definition) is 4. The molecule has 184 valence electrons. The molecule has 4 aromatic rings. The first-order valence-corrected chi connectivity index (χ1v) is 12.3. The van der Waals surface area contributed by atoms with Gasteiger partial charge in [-0.25, -0.2) is 19.2 Å². The lowest BCUT2D eigenvalue weighted by atomic mass is 10.0. The Morgan fingerprint density at radius 1 is 0.917 bits per heavy atom. The van der Waals surface area contributed by atoms with E-state index >= 15 is 4.39 Å². The van der Waals surface area contributed by atoms with Crippen molar-refractivity contribution in [1.29, 1.82) is 0 Å². The minimum absolute atomic E-state index is 0.291. The molecule has 9 heteroatoms. The number of aromatic nitrogens is 4. The number of hydrogen-bond donors (Lipinski definition) is 4. The quantitative estimate of drug-likeness (QED) is 0.297. The molecule has 2 saturated heterocycles. The van der Waals surface area contributed by atoms with Gasteiger partial charge in [0.2, 0.25) is 0 Å². The van der Waals surface area contributed by atoms with Gasteiger partial charge in [0.25, 0.3) is 0 Å². The van der Waals surface area contributed by atoms with Gasteiger partial charge in [-0.15, -0.1) is 0 Å². The van der Waals surface area contributed by atoms with Crippen molar-refractivity contribution in [3.63, 3.8) is 0 Å². The van der Waals surface area contributed by atoms with E-state index in [0.717, 1.165) is 54.0 Å². The summed E-state index contributed by atoms with van der Waals surface area (Å²) in [4.78, 5) is 28.3. The van der Waals surface area contributed by atoms with Crippen molar-refractivity contribution < 1.29 is 14.3 Å². The molecule has 0 spiro atoms. The minimum Gasteiger partial charge on any atom is -0.465 e. The Morgan fingerprint density at radius 3 is 2.39 bits per heavy atom. The van der Waals surface area contributed by atoms with Crippen molar-refractivity contribution in [1.82, 2.24) is 30.2 Å². The minimum atomic E-state index is -0.962. The summed E-state index contributed by atoms with van der Waals surface area (Å²) in [6.45, 7) is 1.51. The second-order valence-corrected chi connectivity index (χ2v) is 9.42. The number of imidazole rings is 2. The van der Waals surface area contributed by atoms with E-state index in [-0.39, 0.29) is 11.9 Å². The van der Waals surface area contributed by atoms with Gasteiger partial charge in [-0.05, 0) is 61.1 Å². The Labute approximate surface area is 207 Å². The van der Waals surface area contributed by atoms with Crippen LogP contribution < -0.4 is 5.32 Å². The number of amides is 1. The molecule has 8 nitrogen and oxygen atoms in total. The highest BCUT2D eigenvalue weighted by molar-refractivity contribution is 5.72. The van der Waals surface area contributed by atoms with E-state index in [4.69, 9.17) is 0 Å². The molecule has 36 heavy (non-hydrogen) atoms. The third-order valence-corrected chi connectivity index (χ3v) is 7.18. The molecule has 1 amide bonds. The molecule has 2 aromatic heterocycles. The Bertz CT molecular complexity index is 1390. The van der Waals surface area contributed by atoms with Crippen LogP contribution >= 0.6 is 0 Å². The first-order valence-electron chi connectivity index (χ1n) is 12.3. The zero-order valence-electron chi connectivity index (χ0n) is 19.7. The average molecular weight is 487 g/mol. The van der Waals surface area contributed by atoms with Gasteiger partial charge >= 0.3 is 6.09 Å². The molecule has 2 aromatic carbocycles. The first kappa shape index (κ1) is 22.5. The van der Waals surface area contributed by atoms with Crippen molar-refractivity contribution in [2.24, 2.45) is 0 Å². The average Bonchev–Trinajstić information content (AvgIpc) is 3.69. The summed E-state index contributed by atoms with van der Waals surface area (Å²) >= 11 is 0. The number of aromatic amines is 2. The standard InChI is InChI=1S/C27H27FN6O2/c28-20-13-18(9-10-19(20)23-15-31-26(33-23)24-4-2-12-34(24)27(35)36)16-5-7-17(8-6-16)22-14-30-25(32-22)21-3-1-11-29-21/h5-10,13-15,21,24,29H,1-4,11-12H2,(H,30,32)(H,31,33)(H,35,36)/t21-,24-/m0/s1. The van der Waals surface area contributed by atoms with Gasteiger partial charge in [0.1, 0.15) is 17.5 Å². The molecule has 0 bridgehead atoms. The largest absolute Gasteiger partial charge is 0.465 e. The van der Waals surface area contributed by atoms with Gasteiger partial charge in [-0.2, -0.15) is 0 Å². The van der Waals surface area contributed by atoms with E-state index in [2.05, 4.69) is 25.3 Å². The lowest BCUT2D eigenvalue weighted by molar-refractivity contribution is 0.139.